The molecule has 5 aliphatic carbocycles. The standard InChI is InChI=1S/C18H25N3O2.C4H6O6/c19-8-13-2-12-3-14(12)21(13)16(22)15(20)17-4-10-1-11(5-17)7-18(23,6-10)9-17;5-1(3(7)8)2(6)4(9)10/h10-15,23H,1-7,9,20H2;1-2,5-6H,(H,7,8)(H,9,10)/t10-,11+,12-,13+,14+,15-,17?,18?;1-,2-/m11/s1. The molecule has 1 saturated heterocycles. The van der Waals surface area contributed by atoms with Crippen molar-refractivity contribution in [1.29, 1.82) is 5.26 Å². The predicted octanol–water partition coefficient (Wildman–Crippen LogP) is -0.965. The Morgan fingerprint density at radius 3 is 1.97 bits per heavy atom. The molecule has 7 N–H and O–H groups in total. The van der Waals surface area contributed by atoms with Crippen LogP contribution in [0.3, 0.4) is 0 Å². The maximum absolute atomic E-state index is 13.1. The first-order valence-electron chi connectivity index (χ1n) is 11.4. The number of hydrogen-bond donors (Lipinski definition) is 6. The number of nitrogens with two attached hydrogens (primary N) is 1. The number of hydrogen-bond acceptors (Lipinski definition) is 8. The molecule has 5 saturated carbocycles. The van der Waals surface area contributed by atoms with Crippen LogP contribution in [0.4, 0.5) is 0 Å². The minimum absolute atomic E-state index is 0.0212. The van der Waals surface area contributed by atoms with Crippen LogP contribution in [0.1, 0.15) is 51.4 Å². The molecule has 4 bridgehead atoms. The summed E-state index contributed by atoms with van der Waals surface area (Å²) < 4.78 is 0. The van der Waals surface area contributed by atoms with Crippen molar-refractivity contribution in [1.82, 2.24) is 4.90 Å². The third kappa shape index (κ3) is 4.21. The fourth-order valence-corrected chi connectivity index (χ4v) is 7.23. The Hall–Kier alpha value is -2.26. The Balaban J connectivity index is 0.000000223. The molecule has 0 aromatic heterocycles. The van der Waals surface area contributed by atoms with E-state index in [9.17, 15) is 24.8 Å². The van der Waals surface area contributed by atoms with Gasteiger partial charge in [-0.15, -0.1) is 0 Å². The molecule has 2 unspecified atom stereocenters. The summed E-state index contributed by atoms with van der Waals surface area (Å²) in [7, 11) is 0. The lowest BCUT2D eigenvalue weighted by Gasteiger charge is -2.61. The van der Waals surface area contributed by atoms with E-state index in [1.54, 1.807) is 4.90 Å². The number of aliphatic carboxylic acids is 2. The van der Waals surface area contributed by atoms with E-state index in [2.05, 4.69) is 6.07 Å². The smallest absolute Gasteiger partial charge is 0.335 e. The molecule has 1 amide bonds. The van der Waals surface area contributed by atoms with Gasteiger partial charge >= 0.3 is 11.9 Å². The van der Waals surface area contributed by atoms with Crippen LogP contribution in [-0.4, -0.2) is 84.2 Å². The predicted molar refractivity (Wildman–Crippen MR) is 110 cm³/mol. The van der Waals surface area contributed by atoms with E-state index in [1.165, 1.54) is 6.42 Å². The van der Waals surface area contributed by atoms with Crippen LogP contribution in [0.2, 0.25) is 0 Å². The third-order valence-electron chi connectivity index (χ3n) is 8.31. The molecule has 1 heterocycles. The van der Waals surface area contributed by atoms with E-state index in [1.807, 2.05) is 0 Å². The number of nitrogens with zero attached hydrogens (tertiary/aromatic N) is 2. The lowest BCUT2D eigenvalue weighted by Crippen LogP contribution is -2.64. The molecule has 0 spiro atoms. The SMILES string of the molecule is N#C[C@@H]1C[C@@H]2C[C@@H]2N1C(=O)[C@@H](N)C12C[C@@H]3C[C@@H](CC(O)(C3)C1)C2.O=C(O)[C@H](O)[C@@H](O)C(=O)O. The van der Waals surface area contributed by atoms with Gasteiger partial charge in [0.05, 0.1) is 17.7 Å². The van der Waals surface area contributed by atoms with Crippen LogP contribution in [0.25, 0.3) is 0 Å². The highest BCUT2D eigenvalue weighted by Gasteiger charge is 2.62. The summed E-state index contributed by atoms with van der Waals surface area (Å²) in [6, 6.07) is 1.72. The zero-order valence-electron chi connectivity index (χ0n) is 18.2. The number of likely N-dealkylation sites (tertiary alicyclic amines) is 1. The van der Waals surface area contributed by atoms with Gasteiger partial charge in [0.1, 0.15) is 6.04 Å². The average molecular weight is 466 g/mol. The maximum atomic E-state index is 13.1. The first-order valence-corrected chi connectivity index (χ1v) is 11.4. The first kappa shape index (κ1) is 23.9. The van der Waals surface area contributed by atoms with Crippen molar-refractivity contribution in [3.05, 3.63) is 0 Å². The molecule has 0 aromatic carbocycles. The van der Waals surface area contributed by atoms with Crippen LogP contribution < -0.4 is 5.73 Å². The van der Waals surface area contributed by atoms with Gasteiger partial charge in [-0.1, -0.05) is 0 Å². The largest absolute Gasteiger partial charge is 0.479 e. The van der Waals surface area contributed by atoms with E-state index in [0.717, 1.165) is 38.5 Å². The molecule has 33 heavy (non-hydrogen) atoms. The Morgan fingerprint density at radius 2 is 1.52 bits per heavy atom. The second kappa shape index (κ2) is 8.20. The molecular formula is C22H31N3O8. The monoisotopic (exact) mass is 465 g/mol. The number of aliphatic hydroxyl groups is 3. The van der Waals surface area contributed by atoms with E-state index >= 15 is 0 Å². The van der Waals surface area contributed by atoms with Crippen LogP contribution >= 0.6 is 0 Å². The van der Waals surface area contributed by atoms with Crippen molar-refractivity contribution in [3.8, 4) is 6.07 Å². The molecule has 0 aromatic rings. The van der Waals surface area contributed by atoms with Crippen molar-refractivity contribution in [3.63, 3.8) is 0 Å². The number of amides is 1. The molecule has 6 aliphatic rings. The van der Waals surface area contributed by atoms with Gasteiger partial charge in [0.25, 0.3) is 0 Å². The Morgan fingerprint density at radius 1 is 0.970 bits per heavy atom. The Bertz CT molecular complexity index is 855. The van der Waals surface area contributed by atoms with Crippen LogP contribution in [0.15, 0.2) is 0 Å². The molecular weight excluding hydrogens is 434 g/mol. The Labute approximate surface area is 190 Å². The van der Waals surface area contributed by atoms with Crippen molar-refractivity contribution >= 4 is 17.8 Å². The molecule has 11 heteroatoms. The second-order valence-electron chi connectivity index (χ2n) is 10.8. The second-order valence-corrected chi connectivity index (χ2v) is 10.8. The van der Waals surface area contributed by atoms with Gasteiger partial charge in [0.2, 0.25) is 5.91 Å². The fraction of sp³-hybridized carbons (Fsp3) is 0.818. The van der Waals surface area contributed by atoms with Crippen LogP contribution in [0, 0.1) is 34.5 Å². The van der Waals surface area contributed by atoms with Crippen LogP contribution in [-0.2, 0) is 14.4 Å². The molecule has 10 atom stereocenters. The van der Waals surface area contributed by atoms with Gasteiger partial charge in [0, 0.05) is 6.04 Å². The summed E-state index contributed by atoms with van der Waals surface area (Å²) in [5, 5.41) is 52.8. The van der Waals surface area contributed by atoms with Crippen molar-refractivity contribution < 1.29 is 39.9 Å². The number of piperidine rings is 1. The number of carboxylic acid groups (broad SMARTS) is 2. The lowest BCUT2D eigenvalue weighted by molar-refractivity contribution is -0.177. The summed E-state index contributed by atoms with van der Waals surface area (Å²) in [6.07, 6.45) is 2.95. The highest BCUT2D eigenvalue weighted by Crippen LogP contribution is 2.63. The van der Waals surface area contributed by atoms with Crippen LogP contribution in [0.5, 0.6) is 0 Å². The first-order chi connectivity index (χ1) is 15.4. The molecule has 182 valence electrons. The summed E-state index contributed by atoms with van der Waals surface area (Å²) in [4.78, 5) is 34.5. The summed E-state index contributed by atoms with van der Waals surface area (Å²) in [5.74, 6) is -1.98. The number of carbonyl (C=O) groups excluding carboxylic acids is 1. The Kier molecular flexibility index (Phi) is 5.93. The molecule has 1 aliphatic heterocycles. The molecule has 0 radical (unpaired) electrons. The average Bonchev–Trinajstić information content (AvgIpc) is 3.39. The van der Waals surface area contributed by atoms with Gasteiger partial charge in [0.15, 0.2) is 12.2 Å². The molecule has 6 rings (SSSR count). The van der Waals surface area contributed by atoms with E-state index < -0.39 is 35.8 Å². The highest BCUT2D eigenvalue weighted by atomic mass is 16.4. The highest BCUT2D eigenvalue weighted by molar-refractivity contribution is 5.84. The van der Waals surface area contributed by atoms with Gasteiger partial charge < -0.3 is 36.2 Å². The number of carboxylic acids is 2. The zero-order chi connectivity index (χ0) is 24.3. The summed E-state index contributed by atoms with van der Waals surface area (Å²) in [5.41, 5.74) is 5.71. The maximum Gasteiger partial charge on any atom is 0.335 e. The quantitative estimate of drug-likeness (QED) is 0.293. The number of rotatable bonds is 5. The molecule has 6 fully saturated rings. The van der Waals surface area contributed by atoms with E-state index in [0.29, 0.717) is 24.2 Å². The van der Waals surface area contributed by atoms with E-state index in [-0.39, 0.29) is 23.4 Å². The summed E-state index contributed by atoms with van der Waals surface area (Å²) in [6.45, 7) is 0. The molecule has 11 nitrogen and oxygen atoms in total. The van der Waals surface area contributed by atoms with Gasteiger partial charge in [-0.2, -0.15) is 5.26 Å². The van der Waals surface area contributed by atoms with Gasteiger partial charge in [-0.05, 0) is 74.5 Å². The van der Waals surface area contributed by atoms with Crippen molar-refractivity contribution in [2.75, 3.05) is 0 Å². The van der Waals surface area contributed by atoms with E-state index in [4.69, 9.17) is 26.2 Å². The third-order valence-corrected chi connectivity index (χ3v) is 8.31. The number of fused-ring (bicyclic) bond motifs is 1. The van der Waals surface area contributed by atoms with Gasteiger partial charge in [-0.3, -0.25) is 4.79 Å². The number of nitriles is 1. The van der Waals surface area contributed by atoms with Crippen molar-refractivity contribution in [2.24, 2.45) is 28.9 Å². The number of carbonyl (C=O) groups is 3. The topological polar surface area (TPSA) is 205 Å². The zero-order valence-corrected chi connectivity index (χ0v) is 18.2. The normalized spacial score (nSPS) is 42.3. The minimum Gasteiger partial charge on any atom is -0.479 e. The summed E-state index contributed by atoms with van der Waals surface area (Å²) >= 11 is 0. The van der Waals surface area contributed by atoms with Gasteiger partial charge in [-0.25, -0.2) is 9.59 Å². The fourth-order valence-electron chi connectivity index (χ4n) is 7.23. The minimum atomic E-state index is -2.27. The lowest BCUT2D eigenvalue weighted by atomic mass is 9.46. The number of aliphatic hydroxyl groups excluding tert-OH is 2. The van der Waals surface area contributed by atoms with Crippen molar-refractivity contribution in [2.45, 2.75) is 87.3 Å².